The molecule has 0 saturated carbocycles. The van der Waals surface area contributed by atoms with Gasteiger partial charge < -0.3 is 10.4 Å². The standard InChI is InChI=1S/C12H26N2O/c1-11(14-8-4-5-9-14)10-13-7-6-12(2,3)15/h11,13,15H,4-10H2,1-3H3. The Morgan fingerprint density at radius 3 is 2.47 bits per heavy atom. The Morgan fingerprint density at radius 2 is 1.93 bits per heavy atom. The summed E-state index contributed by atoms with van der Waals surface area (Å²) >= 11 is 0. The van der Waals surface area contributed by atoms with Crippen molar-refractivity contribution in [3.8, 4) is 0 Å². The molecule has 2 N–H and O–H groups in total. The van der Waals surface area contributed by atoms with Gasteiger partial charge in [0.1, 0.15) is 0 Å². The third kappa shape index (κ3) is 5.50. The van der Waals surface area contributed by atoms with E-state index < -0.39 is 5.60 Å². The van der Waals surface area contributed by atoms with Crippen LogP contribution in [0.1, 0.15) is 40.0 Å². The topological polar surface area (TPSA) is 35.5 Å². The van der Waals surface area contributed by atoms with Crippen molar-refractivity contribution >= 4 is 0 Å². The molecule has 1 saturated heterocycles. The third-order valence-corrected chi connectivity index (χ3v) is 3.12. The first-order chi connectivity index (χ1) is 6.99. The monoisotopic (exact) mass is 214 g/mol. The average Bonchev–Trinajstić information content (AvgIpc) is 2.63. The Balaban J connectivity index is 2.04. The van der Waals surface area contributed by atoms with Gasteiger partial charge in [0.15, 0.2) is 0 Å². The molecule has 0 bridgehead atoms. The highest BCUT2D eigenvalue weighted by Crippen LogP contribution is 2.11. The van der Waals surface area contributed by atoms with E-state index in [0.717, 1.165) is 19.5 Å². The molecule has 1 atom stereocenters. The van der Waals surface area contributed by atoms with E-state index in [1.165, 1.54) is 25.9 Å². The van der Waals surface area contributed by atoms with Crippen LogP contribution in [0, 0.1) is 0 Å². The van der Waals surface area contributed by atoms with Gasteiger partial charge in [-0.05, 0) is 59.7 Å². The minimum Gasteiger partial charge on any atom is -0.390 e. The number of rotatable bonds is 6. The maximum absolute atomic E-state index is 9.54. The quantitative estimate of drug-likeness (QED) is 0.653. The molecule has 0 spiro atoms. The molecule has 0 aromatic heterocycles. The molecule has 3 nitrogen and oxygen atoms in total. The van der Waals surface area contributed by atoms with Crippen LogP contribution in [0.4, 0.5) is 0 Å². The van der Waals surface area contributed by atoms with E-state index in [2.05, 4.69) is 17.1 Å². The van der Waals surface area contributed by atoms with Crippen molar-refractivity contribution in [2.45, 2.75) is 51.7 Å². The summed E-state index contributed by atoms with van der Waals surface area (Å²) < 4.78 is 0. The van der Waals surface area contributed by atoms with Gasteiger partial charge >= 0.3 is 0 Å². The normalized spacial score (nSPS) is 20.8. The van der Waals surface area contributed by atoms with Crippen LogP contribution in [-0.4, -0.2) is 47.8 Å². The average molecular weight is 214 g/mol. The predicted octanol–water partition coefficient (Wildman–Crippen LogP) is 1.22. The van der Waals surface area contributed by atoms with Crippen LogP contribution in [0.2, 0.25) is 0 Å². The second-order valence-electron chi connectivity index (χ2n) is 5.36. The molecule has 1 aliphatic heterocycles. The number of likely N-dealkylation sites (tertiary alicyclic amines) is 1. The van der Waals surface area contributed by atoms with E-state index in [1.54, 1.807) is 0 Å². The molecule has 1 aliphatic rings. The number of nitrogens with one attached hydrogen (secondary N) is 1. The lowest BCUT2D eigenvalue weighted by Crippen LogP contribution is -2.39. The lowest BCUT2D eigenvalue weighted by atomic mass is 10.1. The van der Waals surface area contributed by atoms with Gasteiger partial charge in [0.2, 0.25) is 0 Å². The van der Waals surface area contributed by atoms with E-state index >= 15 is 0 Å². The summed E-state index contributed by atoms with van der Waals surface area (Å²) in [6, 6.07) is 0.634. The van der Waals surface area contributed by atoms with Crippen molar-refractivity contribution in [3.63, 3.8) is 0 Å². The van der Waals surface area contributed by atoms with Crippen LogP contribution in [0.15, 0.2) is 0 Å². The van der Waals surface area contributed by atoms with Crippen molar-refractivity contribution in [1.82, 2.24) is 10.2 Å². The molecule has 1 rings (SSSR count). The summed E-state index contributed by atoms with van der Waals surface area (Å²) in [5, 5.41) is 13.0. The number of aliphatic hydroxyl groups is 1. The van der Waals surface area contributed by atoms with Crippen LogP contribution in [0.3, 0.4) is 0 Å². The Kier molecular flexibility index (Phi) is 5.03. The summed E-state index contributed by atoms with van der Waals surface area (Å²) in [5.41, 5.74) is -0.538. The number of nitrogens with zero attached hydrogens (tertiary/aromatic N) is 1. The molecule has 1 unspecified atom stereocenters. The lowest BCUT2D eigenvalue weighted by Gasteiger charge is -2.24. The smallest absolute Gasteiger partial charge is 0.0603 e. The molecule has 0 aliphatic carbocycles. The second-order valence-corrected chi connectivity index (χ2v) is 5.36. The Labute approximate surface area is 93.9 Å². The molecule has 1 heterocycles. The molecule has 0 aromatic rings. The summed E-state index contributed by atoms with van der Waals surface area (Å²) in [4.78, 5) is 2.54. The molecule has 15 heavy (non-hydrogen) atoms. The Morgan fingerprint density at radius 1 is 1.33 bits per heavy atom. The first-order valence-electron chi connectivity index (χ1n) is 6.16. The van der Waals surface area contributed by atoms with Gasteiger partial charge in [-0.1, -0.05) is 0 Å². The Hall–Kier alpha value is -0.120. The number of hydrogen-bond donors (Lipinski definition) is 2. The van der Waals surface area contributed by atoms with Crippen molar-refractivity contribution in [2.75, 3.05) is 26.2 Å². The summed E-state index contributed by atoms with van der Waals surface area (Å²) in [6.45, 7) is 10.5. The van der Waals surface area contributed by atoms with Gasteiger partial charge in [-0.2, -0.15) is 0 Å². The maximum atomic E-state index is 9.54. The third-order valence-electron chi connectivity index (χ3n) is 3.12. The van der Waals surface area contributed by atoms with Gasteiger partial charge in [0.05, 0.1) is 5.60 Å². The molecule has 90 valence electrons. The maximum Gasteiger partial charge on any atom is 0.0603 e. The zero-order valence-electron chi connectivity index (χ0n) is 10.4. The summed E-state index contributed by atoms with van der Waals surface area (Å²) in [5.74, 6) is 0. The van der Waals surface area contributed by atoms with E-state index in [4.69, 9.17) is 0 Å². The molecule has 1 fully saturated rings. The van der Waals surface area contributed by atoms with Crippen LogP contribution in [0.5, 0.6) is 0 Å². The van der Waals surface area contributed by atoms with E-state index in [0.29, 0.717) is 6.04 Å². The largest absolute Gasteiger partial charge is 0.390 e. The zero-order chi connectivity index (χ0) is 11.3. The van der Waals surface area contributed by atoms with E-state index in [9.17, 15) is 5.11 Å². The van der Waals surface area contributed by atoms with Crippen molar-refractivity contribution in [3.05, 3.63) is 0 Å². The minimum atomic E-state index is -0.538. The lowest BCUT2D eigenvalue weighted by molar-refractivity contribution is 0.0706. The van der Waals surface area contributed by atoms with Crippen LogP contribution < -0.4 is 5.32 Å². The highest BCUT2D eigenvalue weighted by Gasteiger charge is 2.17. The SMILES string of the molecule is CC(CNCCC(C)(C)O)N1CCCC1. The van der Waals surface area contributed by atoms with Crippen LogP contribution >= 0.6 is 0 Å². The molecule has 0 radical (unpaired) electrons. The molecule has 0 aromatic carbocycles. The fourth-order valence-electron chi connectivity index (χ4n) is 2.02. The fourth-order valence-corrected chi connectivity index (χ4v) is 2.02. The highest BCUT2D eigenvalue weighted by molar-refractivity contribution is 4.75. The molecule has 0 amide bonds. The first kappa shape index (κ1) is 12.9. The Bertz CT molecular complexity index is 171. The van der Waals surface area contributed by atoms with Crippen LogP contribution in [-0.2, 0) is 0 Å². The first-order valence-corrected chi connectivity index (χ1v) is 6.16. The summed E-state index contributed by atoms with van der Waals surface area (Å²) in [6.07, 6.45) is 3.53. The van der Waals surface area contributed by atoms with Crippen molar-refractivity contribution in [2.24, 2.45) is 0 Å². The fraction of sp³-hybridized carbons (Fsp3) is 1.00. The minimum absolute atomic E-state index is 0.538. The van der Waals surface area contributed by atoms with Gasteiger partial charge in [0, 0.05) is 12.6 Å². The molecule has 3 heteroatoms. The molecular weight excluding hydrogens is 188 g/mol. The highest BCUT2D eigenvalue weighted by atomic mass is 16.3. The van der Waals surface area contributed by atoms with Crippen molar-refractivity contribution in [1.29, 1.82) is 0 Å². The van der Waals surface area contributed by atoms with Crippen molar-refractivity contribution < 1.29 is 5.11 Å². The van der Waals surface area contributed by atoms with Crippen LogP contribution in [0.25, 0.3) is 0 Å². The second kappa shape index (κ2) is 5.83. The van der Waals surface area contributed by atoms with Gasteiger partial charge in [-0.3, -0.25) is 4.90 Å². The van der Waals surface area contributed by atoms with Gasteiger partial charge in [0.25, 0.3) is 0 Å². The van der Waals surface area contributed by atoms with E-state index in [-0.39, 0.29) is 0 Å². The molecular formula is C12H26N2O. The predicted molar refractivity (Wildman–Crippen MR) is 64.1 cm³/mol. The van der Waals surface area contributed by atoms with Gasteiger partial charge in [-0.15, -0.1) is 0 Å². The summed E-state index contributed by atoms with van der Waals surface area (Å²) in [7, 11) is 0. The number of hydrogen-bond acceptors (Lipinski definition) is 3. The van der Waals surface area contributed by atoms with Gasteiger partial charge in [-0.25, -0.2) is 0 Å². The van der Waals surface area contributed by atoms with E-state index in [1.807, 2.05) is 13.8 Å². The zero-order valence-corrected chi connectivity index (χ0v) is 10.4.